The summed E-state index contributed by atoms with van der Waals surface area (Å²) < 4.78 is 5.80. The Labute approximate surface area is 196 Å². The molecular formula is C29H58O2. The van der Waals surface area contributed by atoms with Crippen molar-refractivity contribution in [2.45, 2.75) is 169 Å². The molecular weight excluding hydrogens is 380 g/mol. The van der Waals surface area contributed by atoms with Gasteiger partial charge in [-0.2, -0.15) is 0 Å². The lowest BCUT2D eigenvalue weighted by Gasteiger charge is -2.27. The van der Waals surface area contributed by atoms with Crippen LogP contribution in [0, 0.1) is 5.41 Å². The molecule has 2 heteroatoms. The minimum absolute atomic E-state index is 0.0797. The third kappa shape index (κ3) is 18.7. The molecule has 0 spiro atoms. The molecule has 0 N–H and O–H groups in total. The maximum atomic E-state index is 13.0. The number of hydrogen-bond donors (Lipinski definition) is 0. The first-order chi connectivity index (χ1) is 15.1. The zero-order chi connectivity index (χ0) is 23.0. The van der Waals surface area contributed by atoms with Gasteiger partial charge in [-0.3, -0.25) is 4.79 Å². The Balaban J connectivity index is 4.14. The van der Waals surface area contributed by atoms with Gasteiger partial charge < -0.3 is 4.74 Å². The standard InChI is InChI=1S/C29H58O2/c1-5-8-11-14-16-17-18-21-24-27-31-28(30)29(4,25-22-19-13-10-7-3)26-23-20-15-12-9-6-2/h5-27H2,1-4H3. The summed E-state index contributed by atoms with van der Waals surface area (Å²) >= 11 is 0. The molecule has 0 saturated carbocycles. The summed E-state index contributed by atoms with van der Waals surface area (Å²) in [6, 6.07) is 0. The van der Waals surface area contributed by atoms with E-state index in [-0.39, 0.29) is 11.4 Å². The molecule has 0 aromatic rings. The molecule has 186 valence electrons. The third-order valence-electron chi connectivity index (χ3n) is 6.89. The van der Waals surface area contributed by atoms with Gasteiger partial charge in [0.2, 0.25) is 0 Å². The van der Waals surface area contributed by atoms with E-state index in [1.165, 1.54) is 122 Å². The smallest absolute Gasteiger partial charge is 0.311 e. The van der Waals surface area contributed by atoms with E-state index in [0.717, 1.165) is 19.3 Å². The molecule has 0 aliphatic rings. The lowest BCUT2D eigenvalue weighted by molar-refractivity contribution is -0.156. The van der Waals surface area contributed by atoms with E-state index in [1.54, 1.807) is 0 Å². The largest absolute Gasteiger partial charge is 0.465 e. The van der Waals surface area contributed by atoms with Crippen LogP contribution in [0.15, 0.2) is 0 Å². The zero-order valence-corrected chi connectivity index (χ0v) is 22.1. The van der Waals surface area contributed by atoms with Gasteiger partial charge in [0.15, 0.2) is 0 Å². The summed E-state index contributed by atoms with van der Waals surface area (Å²) in [6.45, 7) is 9.59. The Morgan fingerprint density at radius 2 is 0.839 bits per heavy atom. The van der Waals surface area contributed by atoms with Crippen molar-refractivity contribution in [3.63, 3.8) is 0 Å². The highest BCUT2D eigenvalue weighted by Gasteiger charge is 2.33. The summed E-state index contributed by atoms with van der Waals surface area (Å²) in [5.41, 5.74) is -0.268. The van der Waals surface area contributed by atoms with Gasteiger partial charge in [0.25, 0.3) is 0 Å². The van der Waals surface area contributed by atoms with Gasteiger partial charge in [0.05, 0.1) is 12.0 Å². The molecule has 0 aliphatic carbocycles. The molecule has 2 nitrogen and oxygen atoms in total. The SMILES string of the molecule is CCCCCCCCCCCOC(=O)C(C)(CCCCCCC)CCCCCCCC. The summed E-state index contributed by atoms with van der Waals surface area (Å²) in [4.78, 5) is 13.0. The van der Waals surface area contributed by atoms with Crippen LogP contribution in [0.3, 0.4) is 0 Å². The predicted molar refractivity (Wildman–Crippen MR) is 138 cm³/mol. The fourth-order valence-corrected chi connectivity index (χ4v) is 4.50. The number of carbonyl (C=O) groups is 1. The fraction of sp³-hybridized carbons (Fsp3) is 0.966. The quantitative estimate of drug-likeness (QED) is 0.111. The summed E-state index contributed by atoms with van der Waals surface area (Å²) in [6.07, 6.45) is 27.7. The predicted octanol–water partition coefficient (Wildman–Crippen LogP) is 10.2. The van der Waals surface area contributed by atoms with Gasteiger partial charge in [-0.15, -0.1) is 0 Å². The Morgan fingerprint density at radius 1 is 0.516 bits per heavy atom. The van der Waals surface area contributed by atoms with Crippen LogP contribution in [0.2, 0.25) is 0 Å². The topological polar surface area (TPSA) is 26.3 Å². The van der Waals surface area contributed by atoms with Crippen molar-refractivity contribution in [2.75, 3.05) is 6.61 Å². The van der Waals surface area contributed by atoms with E-state index in [9.17, 15) is 4.79 Å². The normalized spacial score (nSPS) is 13.3. The van der Waals surface area contributed by atoms with Crippen LogP contribution < -0.4 is 0 Å². The van der Waals surface area contributed by atoms with Crippen LogP contribution in [-0.4, -0.2) is 12.6 Å². The van der Waals surface area contributed by atoms with E-state index in [1.807, 2.05) is 0 Å². The Bertz CT molecular complexity index is 379. The molecule has 0 aromatic carbocycles. The van der Waals surface area contributed by atoms with Gasteiger partial charge in [0.1, 0.15) is 0 Å². The Kier molecular flexibility index (Phi) is 22.3. The van der Waals surface area contributed by atoms with Gasteiger partial charge in [0, 0.05) is 0 Å². The molecule has 0 bridgehead atoms. The lowest BCUT2D eigenvalue weighted by Crippen LogP contribution is -2.30. The molecule has 0 aliphatic heterocycles. The first-order valence-corrected chi connectivity index (χ1v) is 14.3. The average Bonchev–Trinajstić information content (AvgIpc) is 2.77. The van der Waals surface area contributed by atoms with Crippen LogP contribution in [0.1, 0.15) is 169 Å². The zero-order valence-electron chi connectivity index (χ0n) is 22.1. The van der Waals surface area contributed by atoms with Crippen LogP contribution in [0.5, 0.6) is 0 Å². The number of hydrogen-bond acceptors (Lipinski definition) is 2. The van der Waals surface area contributed by atoms with E-state index >= 15 is 0 Å². The van der Waals surface area contributed by atoms with Crippen molar-refractivity contribution in [3.05, 3.63) is 0 Å². The van der Waals surface area contributed by atoms with Crippen molar-refractivity contribution in [1.29, 1.82) is 0 Å². The molecule has 0 heterocycles. The molecule has 0 radical (unpaired) electrons. The van der Waals surface area contributed by atoms with Gasteiger partial charge in [-0.25, -0.2) is 0 Å². The lowest BCUT2D eigenvalue weighted by atomic mass is 9.79. The van der Waals surface area contributed by atoms with E-state index in [4.69, 9.17) is 4.74 Å². The summed E-state index contributed by atoms with van der Waals surface area (Å²) in [5, 5.41) is 0. The van der Waals surface area contributed by atoms with Crippen molar-refractivity contribution in [2.24, 2.45) is 5.41 Å². The maximum absolute atomic E-state index is 13.0. The molecule has 1 atom stereocenters. The van der Waals surface area contributed by atoms with E-state index in [0.29, 0.717) is 6.61 Å². The van der Waals surface area contributed by atoms with Crippen molar-refractivity contribution >= 4 is 5.97 Å². The first-order valence-electron chi connectivity index (χ1n) is 14.3. The van der Waals surface area contributed by atoms with E-state index < -0.39 is 0 Å². The summed E-state index contributed by atoms with van der Waals surface area (Å²) in [7, 11) is 0. The second-order valence-electron chi connectivity index (χ2n) is 10.2. The van der Waals surface area contributed by atoms with Gasteiger partial charge >= 0.3 is 5.97 Å². The molecule has 0 saturated heterocycles. The minimum Gasteiger partial charge on any atom is -0.465 e. The van der Waals surface area contributed by atoms with Crippen LogP contribution in [-0.2, 0) is 9.53 Å². The second-order valence-corrected chi connectivity index (χ2v) is 10.2. The molecule has 31 heavy (non-hydrogen) atoms. The Hall–Kier alpha value is -0.530. The number of esters is 1. The second kappa shape index (κ2) is 22.7. The fourth-order valence-electron chi connectivity index (χ4n) is 4.50. The maximum Gasteiger partial charge on any atom is 0.311 e. The molecule has 1 unspecified atom stereocenters. The third-order valence-corrected chi connectivity index (χ3v) is 6.89. The molecule has 0 fully saturated rings. The van der Waals surface area contributed by atoms with Crippen molar-refractivity contribution in [3.8, 4) is 0 Å². The monoisotopic (exact) mass is 438 g/mol. The number of unbranched alkanes of at least 4 members (excludes halogenated alkanes) is 17. The number of carbonyl (C=O) groups excluding carboxylic acids is 1. The van der Waals surface area contributed by atoms with Crippen molar-refractivity contribution in [1.82, 2.24) is 0 Å². The van der Waals surface area contributed by atoms with Crippen LogP contribution in [0.25, 0.3) is 0 Å². The molecule has 0 aromatic heterocycles. The first kappa shape index (κ1) is 30.5. The Morgan fingerprint density at radius 3 is 1.23 bits per heavy atom. The highest BCUT2D eigenvalue weighted by Crippen LogP contribution is 2.33. The minimum atomic E-state index is -0.268. The van der Waals surface area contributed by atoms with Gasteiger partial charge in [-0.1, -0.05) is 143 Å². The number of rotatable bonds is 24. The van der Waals surface area contributed by atoms with Crippen LogP contribution in [0.4, 0.5) is 0 Å². The van der Waals surface area contributed by atoms with E-state index in [2.05, 4.69) is 27.7 Å². The highest BCUT2D eigenvalue weighted by molar-refractivity contribution is 5.76. The highest BCUT2D eigenvalue weighted by atomic mass is 16.5. The average molecular weight is 439 g/mol. The number of ether oxygens (including phenoxy) is 1. The molecule has 0 amide bonds. The van der Waals surface area contributed by atoms with Crippen LogP contribution >= 0.6 is 0 Å². The van der Waals surface area contributed by atoms with Gasteiger partial charge in [-0.05, 0) is 26.2 Å². The van der Waals surface area contributed by atoms with Crippen molar-refractivity contribution < 1.29 is 9.53 Å². The summed E-state index contributed by atoms with van der Waals surface area (Å²) in [5.74, 6) is 0.0797. The molecule has 0 rings (SSSR count).